The van der Waals surface area contributed by atoms with E-state index < -0.39 is 11.8 Å². The lowest BCUT2D eigenvalue weighted by Gasteiger charge is -2.40. The number of benzene rings is 3. The van der Waals surface area contributed by atoms with E-state index >= 15 is 0 Å². The molecule has 0 radical (unpaired) electrons. The maximum Gasteiger partial charge on any atom is 0.310 e. The molecule has 0 unspecified atom stereocenters. The van der Waals surface area contributed by atoms with E-state index in [2.05, 4.69) is 10.6 Å². The average molecular weight is 590 g/mol. The summed E-state index contributed by atoms with van der Waals surface area (Å²) in [5.74, 6) is -0.0576. The summed E-state index contributed by atoms with van der Waals surface area (Å²) in [4.78, 5) is 28.0. The van der Waals surface area contributed by atoms with Crippen molar-refractivity contribution in [3.8, 4) is 28.7 Å². The number of aromatic hydroxyl groups is 1. The molecule has 0 saturated carbocycles. The number of phenols is 1. The maximum atomic E-state index is 13.4. The first-order valence-electron chi connectivity index (χ1n) is 14.1. The Balaban J connectivity index is 1.38. The predicted octanol–water partition coefficient (Wildman–Crippen LogP) is 3.52. The molecule has 43 heavy (non-hydrogen) atoms. The van der Waals surface area contributed by atoms with E-state index in [9.17, 15) is 14.7 Å². The highest BCUT2D eigenvalue weighted by molar-refractivity contribution is 5.94. The Hall–Kier alpha value is -4.64. The van der Waals surface area contributed by atoms with Crippen LogP contribution < -0.4 is 29.6 Å². The summed E-state index contributed by atoms with van der Waals surface area (Å²) in [6.45, 7) is 1.63. The molecule has 1 amide bonds. The number of ether oxygens (including phenoxy) is 5. The number of nitrogens with zero attached hydrogens (tertiary/aromatic N) is 1. The van der Waals surface area contributed by atoms with Crippen LogP contribution in [0.4, 0.5) is 5.69 Å². The van der Waals surface area contributed by atoms with E-state index in [-0.39, 0.29) is 54.5 Å². The minimum Gasteiger partial charge on any atom is -0.502 e. The third-order valence-electron chi connectivity index (χ3n) is 8.36. The summed E-state index contributed by atoms with van der Waals surface area (Å²) in [7, 11) is 6.85. The quantitative estimate of drug-likeness (QED) is 0.319. The molecule has 226 valence electrons. The second-order valence-electron chi connectivity index (χ2n) is 11.2. The first-order valence-corrected chi connectivity index (χ1v) is 14.1. The molecule has 1 fully saturated rings. The Morgan fingerprint density at radius 3 is 2.26 bits per heavy atom. The lowest BCUT2D eigenvalue weighted by molar-refractivity contribution is -0.141. The molecule has 0 spiro atoms. The van der Waals surface area contributed by atoms with Crippen LogP contribution >= 0.6 is 0 Å². The highest BCUT2D eigenvalue weighted by Crippen LogP contribution is 2.56. The van der Waals surface area contributed by atoms with Gasteiger partial charge in [-0.2, -0.15) is 0 Å². The van der Waals surface area contributed by atoms with E-state index in [0.717, 1.165) is 28.9 Å². The number of esters is 1. The number of amides is 1. The Morgan fingerprint density at radius 1 is 0.977 bits per heavy atom. The van der Waals surface area contributed by atoms with Crippen molar-refractivity contribution in [2.75, 3.05) is 60.1 Å². The topological polar surface area (TPSA) is 128 Å². The standard InChI is InChI=1S/C32H35N3O8/c1-35(2)10-9-33-31(37)17-5-7-19(8-6-17)34-29-21-14-24-23(42-16-43-24)13-20(21)27(28-22(29)15-41-32(28)38)18-11-25(39-3)30(36)26(12-18)40-4/h5-8,11-14,22,27-29,34,36H,9-10,15-16H2,1-4H3,(H,33,37)/t22-,27+,28-,29+/m0/s1. The predicted molar refractivity (Wildman–Crippen MR) is 157 cm³/mol. The smallest absolute Gasteiger partial charge is 0.310 e. The molecular formula is C32H35N3O8. The van der Waals surface area contributed by atoms with Crippen LogP contribution in [0, 0.1) is 11.8 Å². The van der Waals surface area contributed by atoms with Crippen molar-refractivity contribution >= 4 is 17.6 Å². The largest absolute Gasteiger partial charge is 0.502 e. The van der Waals surface area contributed by atoms with Crippen LogP contribution in [-0.4, -0.2) is 76.7 Å². The van der Waals surface area contributed by atoms with E-state index in [1.165, 1.54) is 14.2 Å². The molecule has 1 aliphatic carbocycles. The number of phenolic OH excluding ortho intramolecular Hbond substituents is 1. The van der Waals surface area contributed by atoms with E-state index in [4.69, 9.17) is 23.7 Å². The lowest BCUT2D eigenvalue weighted by atomic mass is 9.65. The van der Waals surface area contributed by atoms with Crippen molar-refractivity contribution in [1.82, 2.24) is 10.2 Å². The molecule has 3 aromatic carbocycles. The van der Waals surface area contributed by atoms with Gasteiger partial charge in [0.1, 0.15) is 0 Å². The normalized spacial score (nSPS) is 21.6. The zero-order chi connectivity index (χ0) is 30.2. The number of nitrogens with one attached hydrogen (secondary N) is 2. The second kappa shape index (κ2) is 11.6. The number of fused-ring (bicyclic) bond motifs is 3. The fraction of sp³-hybridized carbons (Fsp3) is 0.375. The van der Waals surface area contributed by atoms with Crippen LogP contribution in [-0.2, 0) is 9.53 Å². The lowest BCUT2D eigenvalue weighted by Crippen LogP contribution is -2.37. The fourth-order valence-electron chi connectivity index (χ4n) is 6.23. The number of hydrogen-bond acceptors (Lipinski definition) is 10. The van der Waals surface area contributed by atoms with Gasteiger partial charge in [-0.3, -0.25) is 9.59 Å². The first-order chi connectivity index (χ1) is 20.8. The van der Waals surface area contributed by atoms with Crippen LogP contribution in [0.5, 0.6) is 28.7 Å². The van der Waals surface area contributed by atoms with Crippen molar-refractivity contribution in [1.29, 1.82) is 0 Å². The molecule has 3 aromatic rings. The molecular weight excluding hydrogens is 554 g/mol. The zero-order valence-corrected chi connectivity index (χ0v) is 24.5. The van der Waals surface area contributed by atoms with Crippen LogP contribution in [0.15, 0.2) is 48.5 Å². The van der Waals surface area contributed by atoms with Gasteiger partial charge >= 0.3 is 5.97 Å². The Labute approximate surface area is 249 Å². The van der Waals surface area contributed by atoms with E-state index in [1.54, 1.807) is 24.3 Å². The number of carbonyl (C=O) groups is 2. The number of anilines is 1. The number of cyclic esters (lactones) is 1. The van der Waals surface area contributed by atoms with Gasteiger partial charge in [0.15, 0.2) is 23.0 Å². The van der Waals surface area contributed by atoms with E-state index in [1.807, 2.05) is 43.3 Å². The molecule has 11 heteroatoms. The van der Waals surface area contributed by atoms with Crippen molar-refractivity contribution < 1.29 is 38.4 Å². The molecule has 2 heterocycles. The van der Waals surface area contributed by atoms with Gasteiger partial charge in [0.05, 0.1) is 32.8 Å². The van der Waals surface area contributed by atoms with Gasteiger partial charge in [-0.1, -0.05) is 0 Å². The van der Waals surface area contributed by atoms with Gasteiger partial charge in [0.25, 0.3) is 5.91 Å². The van der Waals surface area contributed by atoms with Gasteiger partial charge in [0, 0.05) is 36.2 Å². The Kier molecular flexibility index (Phi) is 7.66. The van der Waals surface area contributed by atoms with Crippen molar-refractivity contribution in [2.45, 2.75) is 12.0 Å². The number of hydrogen-bond donors (Lipinski definition) is 3. The third kappa shape index (κ3) is 5.25. The molecule has 3 N–H and O–H groups in total. The monoisotopic (exact) mass is 589 g/mol. The van der Waals surface area contributed by atoms with Gasteiger partial charge in [0.2, 0.25) is 12.5 Å². The molecule has 4 atom stereocenters. The summed E-state index contributed by atoms with van der Waals surface area (Å²) in [6.07, 6.45) is 0. The second-order valence-corrected chi connectivity index (χ2v) is 11.2. The minimum absolute atomic E-state index is 0.106. The molecule has 2 aliphatic heterocycles. The number of rotatable bonds is 9. The van der Waals surface area contributed by atoms with Gasteiger partial charge in [-0.25, -0.2) is 0 Å². The van der Waals surface area contributed by atoms with Gasteiger partial charge in [-0.15, -0.1) is 0 Å². The van der Waals surface area contributed by atoms with Crippen LogP contribution in [0.1, 0.15) is 39.0 Å². The van der Waals surface area contributed by atoms with Crippen molar-refractivity contribution in [3.05, 3.63) is 70.8 Å². The third-order valence-corrected chi connectivity index (χ3v) is 8.36. The molecule has 6 rings (SSSR count). The summed E-state index contributed by atoms with van der Waals surface area (Å²) in [6, 6.07) is 14.3. The van der Waals surface area contributed by atoms with Crippen LogP contribution in [0.2, 0.25) is 0 Å². The highest BCUT2D eigenvalue weighted by atomic mass is 16.7. The van der Waals surface area contributed by atoms with Crippen LogP contribution in [0.3, 0.4) is 0 Å². The van der Waals surface area contributed by atoms with Crippen LogP contribution in [0.25, 0.3) is 0 Å². The molecule has 11 nitrogen and oxygen atoms in total. The zero-order valence-electron chi connectivity index (χ0n) is 24.5. The van der Waals surface area contributed by atoms with Gasteiger partial charge < -0.3 is 44.3 Å². The molecule has 1 saturated heterocycles. The summed E-state index contributed by atoms with van der Waals surface area (Å²) in [5.41, 5.74) is 3.90. The first kappa shape index (κ1) is 28.5. The Bertz CT molecular complexity index is 1520. The number of likely N-dealkylation sites (N-methyl/N-ethyl adjacent to an activating group) is 1. The van der Waals surface area contributed by atoms with Crippen molar-refractivity contribution in [3.63, 3.8) is 0 Å². The van der Waals surface area contributed by atoms with Gasteiger partial charge in [-0.05, 0) is 79.3 Å². The fourth-order valence-corrected chi connectivity index (χ4v) is 6.23. The summed E-state index contributed by atoms with van der Waals surface area (Å²) >= 11 is 0. The maximum absolute atomic E-state index is 13.4. The molecule has 0 bridgehead atoms. The van der Waals surface area contributed by atoms with E-state index in [0.29, 0.717) is 23.6 Å². The number of carbonyl (C=O) groups excluding carboxylic acids is 2. The SMILES string of the molecule is COc1cc([C@@H]2c3cc4c(cc3[C@@H](Nc3ccc(C(=O)NCCN(C)C)cc3)[C@H]3COC(=O)[C@H]23)OCO4)cc(OC)c1O. The minimum atomic E-state index is -0.536. The number of methoxy groups -OCH3 is 2. The molecule has 0 aromatic heterocycles. The Morgan fingerprint density at radius 2 is 1.63 bits per heavy atom. The highest BCUT2D eigenvalue weighted by Gasteiger charge is 2.52. The summed E-state index contributed by atoms with van der Waals surface area (Å²) in [5, 5.41) is 17.1. The summed E-state index contributed by atoms with van der Waals surface area (Å²) < 4.78 is 28.1. The van der Waals surface area contributed by atoms with Crippen molar-refractivity contribution in [2.24, 2.45) is 11.8 Å². The average Bonchev–Trinajstić information content (AvgIpc) is 3.62. The molecule has 3 aliphatic rings.